The number of fused-ring (bicyclic) bond motifs is 1. The van der Waals surface area contributed by atoms with Crippen LogP contribution in [-0.4, -0.2) is 34.5 Å². The van der Waals surface area contributed by atoms with E-state index in [2.05, 4.69) is 16.5 Å². The van der Waals surface area contributed by atoms with Crippen molar-refractivity contribution in [3.05, 3.63) is 23.3 Å². The first-order chi connectivity index (χ1) is 12.9. The minimum Gasteiger partial charge on any atom is -0.328 e. The molecule has 0 saturated heterocycles. The number of aryl methyl sites for hydroxylation is 3. The summed E-state index contributed by atoms with van der Waals surface area (Å²) in [5.74, 6) is 2.64. The van der Waals surface area contributed by atoms with Crippen LogP contribution in [0.15, 0.2) is 6.20 Å². The number of hydrogen-bond acceptors (Lipinski definition) is 4. The lowest BCUT2D eigenvalue weighted by molar-refractivity contribution is 0.567. The van der Waals surface area contributed by atoms with Crippen molar-refractivity contribution in [2.45, 2.75) is 78.7 Å². The van der Waals surface area contributed by atoms with Crippen LogP contribution in [-0.2, 0) is 22.8 Å². The lowest BCUT2D eigenvalue weighted by Crippen LogP contribution is -2.11. The van der Waals surface area contributed by atoms with Crippen molar-refractivity contribution in [2.75, 3.05) is 11.5 Å². The Hall–Kier alpha value is -1.43. The van der Waals surface area contributed by atoms with E-state index >= 15 is 0 Å². The largest absolute Gasteiger partial charge is 0.328 e. The van der Waals surface area contributed by atoms with Crippen molar-refractivity contribution >= 4 is 20.9 Å². The Kier molecular flexibility index (Phi) is 6.56. The molecule has 0 aliphatic heterocycles. The van der Waals surface area contributed by atoms with Crippen molar-refractivity contribution < 1.29 is 8.42 Å². The summed E-state index contributed by atoms with van der Waals surface area (Å²) in [6, 6.07) is 0. The summed E-state index contributed by atoms with van der Waals surface area (Å²) in [7, 11) is -2.87. The summed E-state index contributed by atoms with van der Waals surface area (Å²) in [6.07, 6.45) is 9.99. The van der Waals surface area contributed by atoms with Crippen molar-refractivity contribution in [3.8, 4) is 0 Å². The monoisotopic (exact) mass is 391 g/mol. The molecule has 3 rings (SSSR count). The maximum atomic E-state index is 12.0. The Morgan fingerprint density at radius 1 is 1.11 bits per heavy atom. The fraction of sp³-hybridized carbons (Fsp3) is 0.714. The van der Waals surface area contributed by atoms with Crippen LogP contribution < -0.4 is 0 Å². The molecule has 2 aromatic rings. The van der Waals surface area contributed by atoms with Gasteiger partial charge in [0.25, 0.3) is 0 Å². The minimum absolute atomic E-state index is 0.328. The molecule has 2 heterocycles. The van der Waals surface area contributed by atoms with Gasteiger partial charge in [-0.05, 0) is 57.4 Å². The molecule has 1 saturated carbocycles. The molecule has 5 nitrogen and oxygen atoms in total. The zero-order chi connectivity index (χ0) is 19.4. The van der Waals surface area contributed by atoms with Crippen LogP contribution in [0.4, 0.5) is 0 Å². The highest BCUT2D eigenvalue weighted by molar-refractivity contribution is 7.91. The first kappa shape index (κ1) is 20.3. The third kappa shape index (κ3) is 5.31. The number of hydrogen-bond donors (Lipinski definition) is 0. The molecule has 1 fully saturated rings. The Bertz CT molecular complexity index is 882. The third-order valence-electron chi connectivity index (χ3n) is 5.67. The van der Waals surface area contributed by atoms with E-state index in [1.165, 1.54) is 29.7 Å². The van der Waals surface area contributed by atoms with Gasteiger partial charge in [0, 0.05) is 18.7 Å². The van der Waals surface area contributed by atoms with E-state index in [-0.39, 0.29) is 0 Å². The molecule has 6 heteroatoms. The molecule has 0 spiro atoms. The average Bonchev–Trinajstić information content (AvgIpc) is 3.37. The highest BCUT2D eigenvalue weighted by Crippen LogP contribution is 2.34. The van der Waals surface area contributed by atoms with E-state index in [1.807, 2.05) is 20.0 Å². The van der Waals surface area contributed by atoms with Crippen LogP contribution in [0.3, 0.4) is 0 Å². The standard InChI is InChI=1S/C21H33N3O2S/c1-4-5-12-27(25,26)13-8-6-7-11-24-20(14-18-9-10-18)23-19-15-22-17(3)16(2)21(19)24/h15,18H,4-14H2,1-3H3. The molecule has 1 aliphatic rings. The molecule has 27 heavy (non-hydrogen) atoms. The zero-order valence-electron chi connectivity index (χ0n) is 17.0. The second kappa shape index (κ2) is 8.72. The lowest BCUT2D eigenvalue weighted by Gasteiger charge is -2.11. The van der Waals surface area contributed by atoms with Crippen LogP contribution in [0.25, 0.3) is 11.0 Å². The number of pyridine rings is 1. The summed E-state index contributed by atoms with van der Waals surface area (Å²) in [4.78, 5) is 9.35. The predicted molar refractivity (Wildman–Crippen MR) is 111 cm³/mol. The summed E-state index contributed by atoms with van der Waals surface area (Å²) < 4.78 is 26.4. The van der Waals surface area contributed by atoms with E-state index in [0.717, 1.165) is 62.2 Å². The highest BCUT2D eigenvalue weighted by atomic mass is 32.2. The fourth-order valence-corrected chi connectivity index (χ4v) is 5.22. The van der Waals surface area contributed by atoms with Gasteiger partial charge >= 0.3 is 0 Å². The van der Waals surface area contributed by atoms with Gasteiger partial charge in [-0.25, -0.2) is 13.4 Å². The van der Waals surface area contributed by atoms with Gasteiger partial charge in [0.15, 0.2) is 0 Å². The van der Waals surface area contributed by atoms with E-state index in [1.54, 1.807) is 0 Å². The molecule has 0 unspecified atom stereocenters. The molecule has 2 aromatic heterocycles. The number of unbranched alkanes of at least 4 members (excludes halogenated alkanes) is 3. The molecular weight excluding hydrogens is 358 g/mol. The fourth-order valence-electron chi connectivity index (χ4n) is 3.64. The molecule has 150 valence electrons. The van der Waals surface area contributed by atoms with Crippen LogP contribution in [0.1, 0.15) is 69.0 Å². The number of imidazole rings is 1. The van der Waals surface area contributed by atoms with Gasteiger partial charge in [0.2, 0.25) is 0 Å². The van der Waals surface area contributed by atoms with Gasteiger partial charge in [0.1, 0.15) is 21.2 Å². The van der Waals surface area contributed by atoms with Crippen LogP contribution >= 0.6 is 0 Å². The first-order valence-electron chi connectivity index (χ1n) is 10.4. The minimum atomic E-state index is -2.87. The van der Waals surface area contributed by atoms with Gasteiger partial charge < -0.3 is 4.57 Å². The third-order valence-corrected chi connectivity index (χ3v) is 7.49. The normalized spacial score (nSPS) is 14.9. The van der Waals surface area contributed by atoms with Crippen molar-refractivity contribution in [2.24, 2.45) is 5.92 Å². The SMILES string of the molecule is CCCCS(=O)(=O)CCCCCn1c(CC2CC2)nc2cnc(C)c(C)c21. The van der Waals surface area contributed by atoms with E-state index in [9.17, 15) is 8.42 Å². The van der Waals surface area contributed by atoms with Gasteiger partial charge in [-0.1, -0.05) is 19.8 Å². The molecule has 0 radical (unpaired) electrons. The number of nitrogens with zero attached hydrogens (tertiary/aromatic N) is 3. The maximum Gasteiger partial charge on any atom is 0.150 e. The molecule has 1 aliphatic carbocycles. The highest BCUT2D eigenvalue weighted by Gasteiger charge is 2.25. The summed E-state index contributed by atoms with van der Waals surface area (Å²) in [6.45, 7) is 7.12. The Labute approximate surface area is 163 Å². The second-order valence-electron chi connectivity index (χ2n) is 8.10. The smallest absolute Gasteiger partial charge is 0.150 e. The Morgan fingerprint density at radius 2 is 1.85 bits per heavy atom. The molecule has 0 amide bonds. The quantitative estimate of drug-likeness (QED) is 0.533. The van der Waals surface area contributed by atoms with Gasteiger partial charge in [-0.3, -0.25) is 4.98 Å². The van der Waals surface area contributed by atoms with Crippen molar-refractivity contribution in [1.82, 2.24) is 14.5 Å². The predicted octanol–water partition coefficient (Wildman–Crippen LogP) is 4.39. The maximum absolute atomic E-state index is 12.0. The van der Waals surface area contributed by atoms with Crippen molar-refractivity contribution in [3.63, 3.8) is 0 Å². The number of rotatable bonds is 11. The van der Waals surface area contributed by atoms with Crippen LogP contribution in [0.5, 0.6) is 0 Å². The van der Waals surface area contributed by atoms with E-state index < -0.39 is 9.84 Å². The average molecular weight is 392 g/mol. The van der Waals surface area contributed by atoms with Crippen LogP contribution in [0, 0.1) is 19.8 Å². The second-order valence-corrected chi connectivity index (χ2v) is 10.4. The van der Waals surface area contributed by atoms with Crippen molar-refractivity contribution in [1.29, 1.82) is 0 Å². The van der Waals surface area contributed by atoms with E-state index in [0.29, 0.717) is 11.5 Å². The summed E-state index contributed by atoms with van der Waals surface area (Å²) >= 11 is 0. The first-order valence-corrected chi connectivity index (χ1v) is 12.2. The zero-order valence-corrected chi connectivity index (χ0v) is 17.8. The van der Waals surface area contributed by atoms with Gasteiger partial charge in [0.05, 0.1) is 23.2 Å². The summed E-state index contributed by atoms with van der Waals surface area (Å²) in [5.41, 5.74) is 4.48. The lowest BCUT2D eigenvalue weighted by atomic mass is 10.2. The molecular formula is C21H33N3O2S. The molecule has 0 aromatic carbocycles. The molecule has 0 atom stereocenters. The van der Waals surface area contributed by atoms with Crippen LogP contribution in [0.2, 0.25) is 0 Å². The number of aromatic nitrogens is 3. The summed E-state index contributed by atoms with van der Waals surface area (Å²) in [5, 5.41) is 0. The van der Waals surface area contributed by atoms with E-state index in [4.69, 9.17) is 4.98 Å². The Morgan fingerprint density at radius 3 is 2.56 bits per heavy atom. The molecule has 0 bridgehead atoms. The van der Waals surface area contributed by atoms with Gasteiger partial charge in [-0.2, -0.15) is 0 Å². The topological polar surface area (TPSA) is 64.8 Å². The Balaban J connectivity index is 1.64. The number of sulfone groups is 1. The van der Waals surface area contributed by atoms with Gasteiger partial charge in [-0.15, -0.1) is 0 Å². The molecule has 0 N–H and O–H groups in total.